The van der Waals surface area contributed by atoms with Gasteiger partial charge in [-0.3, -0.25) is 9.78 Å². The largest absolute Gasteiger partial charge is 0.379 e. The molecule has 1 aromatic heterocycles. The molecule has 1 N–H and O–H groups in total. The smallest absolute Gasteiger partial charge is 0.171 e. The molecule has 2 heterocycles. The lowest BCUT2D eigenvalue weighted by atomic mass is 9.93. The summed E-state index contributed by atoms with van der Waals surface area (Å²) in [4.78, 5) is 17.0. The molecule has 0 bridgehead atoms. The van der Waals surface area contributed by atoms with Crippen molar-refractivity contribution in [1.82, 2.24) is 10.3 Å². The van der Waals surface area contributed by atoms with Gasteiger partial charge in [-0.1, -0.05) is 25.1 Å². The molecule has 1 aliphatic rings. The van der Waals surface area contributed by atoms with Crippen LogP contribution in [0.2, 0.25) is 0 Å². The van der Waals surface area contributed by atoms with Gasteiger partial charge < -0.3 is 10.1 Å². The number of fused-ring (bicyclic) bond motifs is 1. The van der Waals surface area contributed by atoms with Crippen LogP contribution in [0.15, 0.2) is 36.5 Å². The first-order valence-corrected chi connectivity index (χ1v) is 6.99. The first-order chi connectivity index (χ1) is 9.79. The molecule has 0 aliphatic carbocycles. The number of ether oxygens (including phenoxy) is 1. The predicted molar refractivity (Wildman–Crippen MR) is 77.8 cm³/mol. The highest BCUT2D eigenvalue weighted by Crippen LogP contribution is 2.21. The van der Waals surface area contributed by atoms with E-state index in [4.69, 9.17) is 4.74 Å². The fourth-order valence-corrected chi connectivity index (χ4v) is 2.70. The van der Waals surface area contributed by atoms with Crippen molar-refractivity contribution in [3.63, 3.8) is 0 Å². The topological polar surface area (TPSA) is 51.2 Å². The fourth-order valence-electron chi connectivity index (χ4n) is 2.70. The Morgan fingerprint density at radius 3 is 3.10 bits per heavy atom. The minimum atomic E-state index is -0.113. The van der Waals surface area contributed by atoms with Crippen LogP contribution in [0.25, 0.3) is 10.9 Å². The van der Waals surface area contributed by atoms with Gasteiger partial charge in [0.1, 0.15) is 0 Å². The maximum Gasteiger partial charge on any atom is 0.171 e. The first kappa shape index (κ1) is 13.2. The van der Waals surface area contributed by atoms with Gasteiger partial charge in [-0.2, -0.15) is 0 Å². The number of pyridine rings is 1. The normalized spacial score (nSPS) is 22.2. The third kappa shape index (κ3) is 2.44. The van der Waals surface area contributed by atoms with Gasteiger partial charge in [0.15, 0.2) is 5.78 Å². The lowest BCUT2D eigenvalue weighted by Gasteiger charge is -2.17. The zero-order valence-electron chi connectivity index (χ0n) is 11.5. The standard InChI is InChI=1S/C16H18N2O2/c1-2-17-15-10-20-9-13(15)16(19)12-7-11-5-3-4-6-14(11)18-8-12/h3-8,13,15,17H,2,9-10H2,1H3. The highest BCUT2D eigenvalue weighted by atomic mass is 16.5. The molecule has 1 saturated heterocycles. The van der Waals surface area contributed by atoms with Crippen molar-refractivity contribution in [3.8, 4) is 0 Å². The number of nitrogens with zero attached hydrogens (tertiary/aromatic N) is 1. The zero-order chi connectivity index (χ0) is 13.9. The molecule has 1 aliphatic heterocycles. The highest BCUT2D eigenvalue weighted by Gasteiger charge is 2.34. The van der Waals surface area contributed by atoms with E-state index in [-0.39, 0.29) is 17.7 Å². The minimum absolute atomic E-state index is 0.110. The Kier molecular flexibility index (Phi) is 3.76. The van der Waals surface area contributed by atoms with Gasteiger partial charge in [-0.05, 0) is 18.7 Å². The van der Waals surface area contributed by atoms with E-state index in [0.717, 1.165) is 17.4 Å². The second kappa shape index (κ2) is 5.69. The molecule has 1 aromatic carbocycles. The number of likely N-dealkylation sites (N-methyl/N-ethyl adjacent to an activating group) is 1. The average Bonchev–Trinajstić information content (AvgIpc) is 2.94. The van der Waals surface area contributed by atoms with E-state index in [2.05, 4.69) is 10.3 Å². The lowest BCUT2D eigenvalue weighted by molar-refractivity contribution is 0.0891. The van der Waals surface area contributed by atoms with Crippen LogP contribution in [0.4, 0.5) is 0 Å². The minimum Gasteiger partial charge on any atom is -0.379 e. The summed E-state index contributed by atoms with van der Waals surface area (Å²) in [5, 5.41) is 4.31. The summed E-state index contributed by atoms with van der Waals surface area (Å²) in [6.45, 7) is 3.97. The van der Waals surface area contributed by atoms with Crippen LogP contribution in [0.1, 0.15) is 17.3 Å². The Morgan fingerprint density at radius 2 is 2.25 bits per heavy atom. The van der Waals surface area contributed by atoms with Crippen molar-refractivity contribution in [3.05, 3.63) is 42.1 Å². The van der Waals surface area contributed by atoms with E-state index in [1.807, 2.05) is 37.3 Å². The number of aromatic nitrogens is 1. The third-order valence-electron chi connectivity index (χ3n) is 3.76. The number of hydrogen-bond donors (Lipinski definition) is 1. The summed E-state index contributed by atoms with van der Waals surface area (Å²) in [5.74, 6) is 0.00427. The highest BCUT2D eigenvalue weighted by molar-refractivity contribution is 6.00. The molecule has 104 valence electrons. The van der Waals surface area contributed by atoms with Gasteiger partial charge >= 0.3 is 0 Å². The Morgan fingerprint density at radius 1 is 1.40 bits per heavy atom. The molecule has 4 heteroatoms. The van der Waals surface area contributed by atoms with Crippen LogP contribution in [0.3, 0.4) is 0 Å². The van der Waals surface area contributed by atoms with E-state index in [1.165, 1.54) is 0 Å². The molecule has 0 amide bonds. The Labute approximate surface area is 118 Å². The molecule has 4 nitrogen and oxygen atoms in total. The van der Waals surface area contributed by atoms with E-state index in [0.29, 0.717) is 18.8 Å². The molecule has 2 unspecified atom stereocenters. The summed E-state index contributed by atoms with van der Waals surface area (Å²) < 4.78 is 5.45. The molecule has 0 saturated carbocycles. The molecule has 2 aromatic rings. The number of hydrogen-bond acceptors (Lipinski definition) is 4. The molecule has 1 fully saturated rings. The number of carbonyl (C=O) groups excluding carboxylic acids is 1. The van der Waals surface area contributed by atoms with Crippen molar-refractivity contribution in [2.75, 3.05) is 19.8 Å². The van der Waals surface area contributed by atoms with Gasteiger partial charge in [0.25, 0.3) is 0 Å². The average molecular weight is 270 g/mol. The van der Waals surface area contributed by atoms with Crippen molar-refractivity contribution >= 4 is 16.7 Å². The molecular formula is C16H18N2O2. The molecule has 0 radical (unpaired) electrons. The van der Waals surface area contributed by atoms with Gasteiger partial charge in [0, 0.05) is 23.2 Å². The number of carbonyl (C=O) groups is 1. The number of para-hydroxylation sites is 1. The third-order valence-corrected chi connectivity index (χ3v) is 3.76. The Balaban J connectivity index is 1.88. The van der Waals surface area contributed by atoms with Gasteiger partial charge in [-0.15, -0.1) is 0 Å². The van der Waals surface area contributed by atoms with Gasteiger partial charge in [-0.25, -0.2) is 0 Å². The lowest BCUT2D eigenvalue weighted by Crippen LogP contribution is -2.39. The quantitative estimate of drug-likeness (QED) is 0.864. The van der Waals surface area contributed by atoms with Gasteiger partial charge in [0.2, 0.25) is 0 Å². The van der Waals surface area contributed by atoms with Crippen molar-refractivity contribution in [2.45, 2.75) is 13.0 Å². The summed E-state index contributed by atoms with van der Waals surface area (Å²) >= 11 is 0. The molecule has 0 spiro atoms. The maximum atomic E-state index is 12.6. The Bertz CT molecular complexity index is 627. The zero-order valence-corrected chi connectivity index (χ0v) is 11.5. The Hall–Kier alpha value is -1.78. The molecule has 20 heavy (non-hydrogen) atoms. The van der Waals surface area contributed by atoms with Crippen LogP contribution in [0.5, 0.6) is 0 Å². The van der Waals surface area contributed by atoms with Crippen LogP contribution < -0.4 is 5.32 Å². The summed E-state index contributed by atoms with van der Waals surface area (Å²) in [6.07, 6.45) is 1.67. The number of rotatable bonds is 4. The van der Waals surface area contributed by atoms with Gasteiger partial charge in [0.05, 0.1) is 24.6 Å². The van der Waals surface area contributed by atoms with E-state index in [1.54, 1.807) is 6.20 Å². The summed E-state index contributed by atoms with van der Waals surface area (Å²) in [7, 11) is 0. The van der Waals surface area contributed by atoms with Crippen molar-refractivity contribution in [2.24, 2.45) is 5.92 Å². The van der Waals surface area contributed by atoms with Crippen LogP contribution in [0, 0.1) is 5.92 Å². The molecule has 3 rings (SSSR count). The van der Waals surface area contributed by atoms with Crippen LogP contribution in [-0.4, -0.2) is 36.6 Å². The van der Waals surface area contributed by atoms with E-state index >= 15 is 0 Å². The second-order valence-electron chi connectivity index (χ2n) is 5.09. The molecular weight excluding hydrogens is 252 g/mol. The maximum absolute atomic E-state index is 12.6. The number of benzene rings is 1. The monoisotopic (exact) mass is 270 g/mol. The van der Waals surface area contributed by atoms with Crippen molar-refractivity contribution < 1.29 is 9.53 Å². The number of nitrogens with one attached hydrogen (secondary N) is 1. The predicted octanol–water partition coefficient (Wildman–Crippen LogP) is 2.04. The fraction of sp³-hybridized carbons (Fsp3) is 0.375. The summed E-state index contributed by atoms with van der Waals surface area (Å²) in [6, 6.07) is 9.86. The number of ketones is 1. The SMILES string of the molecule is CCNC1COCC1C(=O)c1cnc2ccccc2c1. The van der Waals surface area contributed by atoms with E-state index in [9.17, 15) is 4.79 Å². The number of Topliss-reactive ketones (excluding diaryl/α,β-unsaturated/α-hetero) is 1. The van der Waals surface area contributed by atoms with Crippen LogP contribution in [-0.2, 0) is 4.74 Å². The first-order valence-electron chi connectivity index (χ1n) is 6.99. The van der Waals surface area contributed by atoms with E-state index < -0.39 is 0 Å². The second-order valence-corrected chi connectivity index (χ2v) is 5.09. The van der Waals surface area contributed by atoms with Crippen molar-refractivity contribution in [1.29, 1.82) is 0 Å². The summed E-state index contributed by atoms with van der Waals surface area (Å²) in [5.41, 5.74) is 1.58. The molecule has 2 atom stereocenters. The van der Waals surface area contributed by atoms with Crippen LogP contribution >= 0.6 is 0 Å².